The first-order chi connectivity index (χ1) is 10.1. The maximum absolute atomic E-state index is 9.71. The fraction of sp³-hybridized carbons (Fsp3) is 0.400. The smallest absolute Gasteiger partial charge is 0.123 e. The van der Waals surface area contributed by atoms with Crippen molar-refractivity contribution >= 4 is 22.9 Å². The van der Waals surface area contributed by atoms with Gasteiger partial charge in [-0.2, -0.15) is 0 Å². The molecular formula is C15H19ClN2O2S. The number of thiazole rings is 1. The molecule has 0 saturated heterocycles. The minimum atomic E-state index is -0.477. The monoisotopic (exact) mass is 326 g/mol. The summed E-state index contributed by atoms with van der Waals surface area (Å²) >= 11 is 7.50. The second-order valence-electron chi connectivity index (χ2n) is 4.96. The third-order valence-corrected chi connectivity index (χ3v) is 4.15. The highest BCUT2D eigenvalue weighted by Crippen LogP contribution is 2.25. The predicted molar refractivity (Wildman–Crippen MR) is 86.8 cm³/mol. The molecule has 0 amide bonds. The van der Waals surface area contributed by atoms with Crippen molar-refractivity contribution in [3.63, 3.8) is 0 Å². The summed E-state index contributed by atoms with van der Waals surface area (Å²) in [5.74, 6) is 0. The van der Waals surface area contributed by atoms with Gasteiger partial charge in [-0.25, -0.2) is 4.98 Å². The fourth-order valence-corrected chi connectivity index (χ4v) is 2.99. The van der Waals surface area contributed by atoms with Gasteiger partial charge in [-0.1, -0.05) is 23.7 Å². The number of benzene rings is 1. The largest absolute Gasteiger partial charge is 0.389 e. The van der Waals surface area contributed by atoms with E-state index in [0.29, 0.717) is 19.7 Å². The van der Waals surface area contributed by atoms with Gasteiger partial charge in [-0.05, 0) is 19.2 Å². The zero-order valence-corrected chi connectivity index (χ0v) is 13.7. The molecule has 1 heterocycles. The van der Waals surface area contributed by atoms with Gasteiger partial charge in [-0.15, -0.1) is 11.3 Å². The minimum absolute atomic E-state index is 0.345. The lowest BCUT2D eigenvalue weighted by Crippen LogP contribution is -2.31. The normalized spacial score (nSPS) is 12.8. The third-order valence-electron chi connectivity index (χ3n) is 2.96. The van der Waals surface area contributed by atoms with Crippen LogP contribution in [0.4, 0.5) is 0 Å². The molecule has 6 heteroatoms. The number of likely N-dealkylation sites (N-methyl/N-ethyl adjacent to an activating group) is 1. The lowest BCUT2D eigenvalue weighted by atomic mass is 10.2. The summed E-state index contributed by atoms with van der Waals surface area (Å²) in [6, 6.07) is 7.67. The Morgan fingerprint density at radius 3 is 2.76 bits per heavy atom. The van der Waals surface area contributed by atoms with E-state index in [4.69, 9.17) is 16.3 Å². The number of methoxy groups -OCH3 is 1. The van der Waals surface area contributed by atoms with Gasteiger partial charge in [0.2, 0.25) is 0 Å². The Kier molecular flexibility index (Phi) is 6.14. The van der Waals surface area contributed by atoms with Gasteiger partial charge in [0.15, 0.2) is 0 Å². The molecule has 0 saturated carbocycles. The molecule has 2 aromatic rings. The maximum atomic E-state index is 9.71. The average molecular weight is 327 g/mol. The number of aliphatic hydroxyl groups is 1. The summed E-state index contributed by atoms with van der Waals surface area (Å²) in [5, 5.41) is 13.5. The first kappa shape index (κ1) is 16.4. The van der Waals surface area contributed by atoms with Crippen molar-refractivity contribution in [3.8, 4) is 10.6 Å². The molecule has 0 spiro atoms. The van der Waals surface area contributed by atoms with Crippen LogP contribution in [0.5, 0.6) is 0 Å². The molecule has 0 radical (unpaired) electrons. The first-order valence-electron chi connectivity index (χ1n) is 6.64. The Bertz CT molecular complexity index is 559. The summed E-state index contributed by atoms with van der Waals surface area (Å²) in [6.07, 6.45) is -0.477. The molecule has 1 N–H and O–H groups in total. The quantitative estimate of drug-likeness (QED) is 0.849. The van der Waals surface area contributed by atoms with Crippen LogP contribution in [0.2, 0.25) is 5.02 Å². The Morgan fingerprint density at radius 1 is 1.38 bits per heavy atom. The number of ether oxygens (including phenoxy) is 1. The molecule has 1 unspecified atom stereocenters. The molecule has 4 nitrogen and oxygen atoms in total. The lowest BCUT2D eigenvalue weighted by Gasteiger charge is -2.18. The molecule has 0 bridgehead atoms. The van der Waals surface area contributed by atoms with Crippen molar-refractivity contribution in [1.82, 2.24) is 9.88 Å². The molecule has 0 fully saturated rings. The number of hydrogen-bond donors (Lipinski definition) is 1. The van der Waals surface area contributed by atoms with Crippen molar-refractivity contribution in [2.24, 2.45) is 0 Å². The molecule has 114 valence electrons. The molecule has 21 heavy (non-hydrogen) atoms. The Labute approximate surface area is 134 Å². The third kappa shape index (κ3) is 5.05. The minimum Gasteiger partial charge on any atom is -0.389 e. The fourth-order valence-electron chi connectivity index (χ4n) is 2.05. The first-order valence-corrected chi connectivity index (χ1v) is 7.90. The van der Waals surface area contributed by atoms with Crippen LogP contribution in [-0.2, 0) is 11.3 Å². The molecule has 2 rings (SSSR count). The molecule has 1 aromatic heterocycles. The number of halogens is 1. The Morgan fingerprint density at radius 2 is 2.10 bits per heavy atom. The average Bonchev–Trinajstić information content (AvgIpc) is 2.88. The van der Waals surface area contributed by atoms with Crippen molar-refractivity contribution in [1.29, 1.82) is 0 Å². The topological polar surface area (TPSA) is 45.6 Å². The molecular weight excluding hydrogens is 308 g/mol. The van der Waals surface area contributed by atoms with Gasteiger partial charge in [0.05, 0.1) is 18.4 Å². The van der Waals surface area contributed by atoms with Crippen LogP contribution in [-0.4, -0.2) is 48.4 Å². The van der Waals surface area contributed by atoms with Crippen LogP contribution in [0.1, 0.15) is 5.69 Å². The van der Waals surface area contributed by atoms with Crippen LogP contribution in [0.3, 0.4) is 0 Å². The highest BCUT2D eigenvalue weighted by Gasteiger charge is 2.11. The second kappa shape index (κ2) is 7.87. The predicted octanol–water partition coefficient (Wildman–Crippen LogP) is 2.90. The van der Waals surface area contributed by atoms with Gasteiger partial charge in [0.25, 0.3) is 0 Å². The highest BCUT2D eigenvalue weighted by atomic mass is 35.5. The van der Waals surface area contributed by atoms with E-state index in [9.17, 15) is 5.11 Å². The van der Waals surface area contributed by atoms with Crippen molar-refractivity contribution in [2.45, 2.75) is 12.6 Å². The molecule has 0 aliphatic heterocycles. The van der Waals surface area contributed by atoms with E-state index in [1.54, 1.807) is 18.4 Å². The summed E-state index contributed by atoms with van der Waals surface area (Å²) < 4.78 is 4.93. The van der Waals surface area contributed by atoms with E-state index in [1.165, 1.54) is 0 Å². The zero-order valence-electron chi connectivity index (χ0n) is 12.1. The van der Waals surface area contributed by atoms with Crippen LogP contribution in [0.25, 0.3) is 10.6 Å². The molecule has 0 aliphatic rings. The number of hydrogen-bond acceptors (Lipinski definition) is 5. The van der Waals surface area contributed by atoms with E-state index in [2.05, 4.69) is 4.98 Å². The summed E-state index contributed by atoms with van der Waals surface area (Å²) in [7, 11) is 3.54. The SMILES string of the molecule is COCC(O)CN(C)Cc1csc(-c2ccc(Cl)cc2)n1. The van der Waals surface area contributed by atoms with E-state index in [0.717, 1.165) is 21.3 Å². The van der Waals surface area contributed by atoms with E-state index < -0.39 is 6.10 Å². The summed E-state index contributed by atoms with van der Waals surface area (Å²) in [6.45, 7) is 1.60. The van der Waals surface area contributed by atoms with Crippen LogP contribution in [0.15, 0.2) is 29.6 Å². The van der Waals surface area contributed by atoms with Gasteiger partial charge >= 0.3 is 0 Å². The zero-order chi connectivity index (χ0) is 15.2. The van der Waals surface area contributed by atoms with Crippen LogP contribution in [0, 0.1) is 0 Å². The van der Waals surface area contributed by atoms with Crippen molar-refractivity contribution in [3.05, 3.63) is 40.4 Å². The van der Waals surface area contributed by atoms with Crippen molar-refractivity contribution < 1.29 is 9.84 Å². The Balaban J connectivity index is 1.95. The van der Waals surface area contributed by atoms with E-state index in [1.807, 2.05) is 41.6 Å². The van der Waals surface area contributed by atoms with Gasteiger partial charge < -0.3 is 9.84 Å². The number of rotatable bonds is 7. The summed E-state index contributed by atoms with van der Waals surface area (Å²) in [4.78, 5) is 6.66. The van der Waals surface area contributed by atoms with E-state index >= 15 is 0 Å². The number of nitrogens with zero attached hydrogens (tertiary/aromatic N) is 2. The standard InChI is InChI=1S/C15H19ClN2O2S/c1-18(8-14(19)9-20-2)7-13-10-21-15(17-13)11-3-5-12(16)6-4-11/h3-6,10,14,19H,7-9H2,1-2H3. The molecule has 0 aliphatic carbocycles. The molecule has 1 aromatic carbocycles. The maximum Gasteiger partial charge on any atom is 0.123 e. The summed E-state index contributed by atoms with van der Waals surface area (Å²) in [5.41, 5.74) is 2.06. The second-order valence-corrected chi connectivity index (χ2v) is 6.25. The number of aliphatic hydroxyl groups excluding tert-OH is 1. The highest BCUT2D eigenvalue weighted by molar-refractivity contribution is 7.13. The lowest BCUT2D eigenvalue weighted by molar-refractivity contribution is 0.0417. The number of aromatic nitrogens is 1. The van der Waals surface area contributed by atoms with Gasteiger partial charge in [-0.3, -0.25) is 4.90 Å². The Hall–Kier alpha value is -0.980. The van der Waals surface area contributed by atoms with Crippen LogP contribution < -0.4 is 0 Å². The van der Waals surface area contributed by atoms with Gasteiger partial charge in [0, 0.05) is 36.2 Å². The molecule has 1 atom stereocenters. The van der Waals surface area contributed by atoms with Gasteiger partial charge in [0.1, 0.15) is 5.01 Å². The van der Waals surface area contributed by atoms with Crippen molar-refractivity contribution in [2.75, 3.05) is 27.3 Å². The van der Waals surface area contributed by atoms with Crippen LogP contribution >= 0.6 is 22.9 Å². The van der Waals surface area contributed by atoms with E-state index in [-0.39, 0.29) is 0 Å².